The third-order valence-corrected chi connectivity index (χ3v) is 4.49. The van der Waals surface area contributed by atoms with Crippen LogP contribution in [0, 0.1) is 11.8 Å². The Kier molecular flexibility index (Phi) is 6.92. The van der Waals surface area contributed by atoms with E-state index in [4.69, 9.17) is 10.5 Å². The van der Waals surface area contributed by atoms with Crippen LogP contribution in [0.1, 0.15) is 38.2 Å². The molecule has 23 heavy (non-hydrogen) atoms. The maximum Gasteiger partial charge on any atom is 0.213 e. The van der Waals surface area contributed by atoms with Gasteiger partial charge in [0.15, 0.2) is 5.96 Å². The molecule has 0 atom stereocenters. The standard InChI is InChI=1S/C17H26N4O.HI/c1-13-6-8-21(9-7-13)17(18)20-11-15-4-5-16(19-10-15)22-12-14-2-3-14;/h4-5,10,13-14H,2-3,6-9,11-12H2,1H3,(H2,18,20);1H. The Hall–Kier alpha value is -1.05. The minimum Gasteiger partial charge on any atom is -0.477 e. The van der Waals surface area contributed by atoms with Crippen LogP contribution < -0.4 is 10.5 Å². The van der Waals surface area contributed by atoms with Crippen LogP contribution in [-0.2, 0) is 6.54 Å². The molecule has 0 unspecified atom stereocenters. The molecule has 1 aliphatic carbocycles. The van der Waals surface area contributed by atoms with Crippen molar-refractivity contribution in [3.05, 3.63) is 23.9 Å². The van der Waals surface area contributed by atoms with Crippen LogP contribution in [0.4, 0.5) is 0 Å². The topological polar surface area (TPSA) is 63.7 Å². The predicted molar refractivity (Wildman–Crippen MR) is 103 cm³/mol. The minimum absolute atomic E-state index is 0. The number of guanidine groups is 1. The normalized spacial score (nSPS) is 19.3. The predicted octanol–water partition coefficient (Wildman–Crippen LogP) is 3.04. The summed E-state index contributed by atoms with van der Waals surface area (Å²) in [5, 5.41) is 0. The van der Waals surface area contributed by atoms with Crippen molar-refractivity contribution in [2.24, 2.45) is 22.6 Å². The lowest BCUT2D eigenvalue weighted by molar-refractivity contribution is 0.277. The van der Waals surface area contributed by atoms with Crippen LogP contribution in [0.2, 0.25) is 0 Å². The zero-order valence-electron chi connectivity index (χ0n) is 13.8. The molecule has 1 aromatic rings. The fraction of sp³-hybridized carbons (Fsp3) is 0.647. The number of pyridine rings is 1. The van der Waals surface area contributed by atoms with E-state index in [9.17, 15) is 0 Å². The van der Waals surface area contributed by atoms with E-state index in [1.165, 1.54) is 25.7 Å². The first kappa shape index (κ1) is 18.3. The zero-order chi connectivity index (χ0) is 15.4. The van der Waals surface area contributed by atoms with Crippen molar-refractivity contribution in [2.45, 2.75) is 39.2 Å². The molecule has 1 aromatic heterocycles. The number of piperidine rings is 1. The summed E-state index contributed by atoms with van der Waals surface area (Å²) in [6.45, 7) is 5.70. The monoisotopic (exact) mass is 430 g/mol. The second-order valence-corrected chi connectivity index (χ2v) is 6.60. The number of ether oxygens (including phenoxy) is 1. The highest BCUT2D eigenvalue weighted by molar-refractivity contribution is 14.0. The average Bonchev–Trinajstić information content (AvgIpc) is 3.36. The Balaban J connectivity index is 0.00000192. The van der Waals surface area contributed by atoms with Crippen LogP contribution in [0.5, 0.6) is 5.88 Å². The van der Waals surface area contributed by atoms with E-state index in [0.717, 1.165) is 37.1 Å². The molecule has 1 aliphatic heterocycles. The van der Waals surface area contributed by atoms with E-state index in [-0.39, 0.29) is 24.0 Å². The summed E-state index contributed by atoms with van der Waals surface area (Å²) in [4.78, 5) is 11.0. The summed E-state index contributed by atoms with van der Waals surface area (Å²) < 4.78 is 5.64. The fourth-order valence-corrected chi connectivity index (χ4v) is 2.59. The van der Waals surface area contributed by atoms with Crippen LogP contribution >= 0.6 is 24.0 Å². The number of nitrogens with zero attached hydrogens (tertiary/aromatic N) is 3. The lowest BCUT2D eigenvalue weighted by atomic mass is 10.00. The summed E-state index contributed by atoms with van der Waals surface area (Å²) in [6, 6.07) is 3.94. The van der Waals surface area contributed by atoms with E-state index in [2.05, 4.69) is 21.8 Å². The maximum atomic E-state index is 6.09. The summed E-state index contributed by atoms with van der Waals surface area (Å²) in [7, 11) is 0. The Morgan fingerprint density at radius 3 is 2.65 bits per heavy atom. The number of hydrogen-bond acceptors (Lipinski definition) is 3. The van der Waals surface area contributed by atoms with Crippen molar-refractivity contribution in [3.63, 3.8) is 0 Å². The molecule has 6 heteroatoms. The molecule has 2 fully saturated rings. The van der Waals surface area contributed by atoms with Crippen molar-refractivity contribution in [2.75, 3.05) is 19.7 Å². The van der Waals surface area contributed by atoms with Gasteiger partial charge in [-0.1, -0.05) is 13.0 Å². The second-order valence-electron chi connectivity index (χ2n) is 6.60. The molecule has 1 saturated carbocycles. The molecule has 0 bridgehead atoms. The van der Waals surface area contributed by atoms with Gasteiger partial charge in [0.1, 0.15) is 0 Å². The summed E-state index contributed by atoms with van der Waals surface area (Å²) in [6.07, 6.45) is 6.82. The molecule has 0 aromatic carbocycles. The molecule has 0 radical (unpaired) electrons. The average molecular weight is 430 g/mol. The van der Waals surface area contributed by atoms with Gasteiger partial charge in [-0.15, -0.1) is 24.0 Å². The number of nitrogens with two attached hydrogens (primary N) is 1. The van der Waals surface area contributed by atoms with Crippen LogP contribution in [-0.4, -0.2) is 35.5 Å². The first-order valence-corrected chi connectivity index (χ1v) is 8.33. The Labute approximate surface area is 155 Å². The van der Waals surface area contributed by atoms with Gasteiger partial charge >= 0.3 is 0 Å². The van der Waals surface area contributed by atoms with Gasteiger partial charge in [0.05, 0.1) is 13.2 Å². The summed E-state index contributed by atoms with van der Waals surface area (Å²) in [5.74, 6) is 2.91. The van der Waals surface area contributed by atoms with E-state index in [0.29, 0.717) is 18.4 Å². The Bertz CT molecular complexity index is 508. The van der Waals surface area contributed by atoms with Crippen molar-refractivity contribution in [1.29, 1.82) is 0 Å². The Morgan fingerprint density at radius 2 is 2.04 bits per heavy atom. The van der Waals surface area contributed by atoms with Crippen LogP contribution in [0.15, 0.2) is 23.3 Å². The van der Waals surface area contributed by atoms with Crippen LogP contribution in [0.25, 0.3) is 0 Å². The fourth-order valence-electron chi connectivity index (χ4n) is 2.59. The lowest BCUT2D eigenvalue weighted by Gasteiger charge is -2.31. The third kappa shape index (κ3) is 5.82. The second kappa shape index (κ2) is 8.70. The molecule has 2 aliphatic rings. The number of aliphatic imine (C=N–C) groups is 1. The molecule has 0 amide bonds. The highest BCUT2D eigenvalue weighted by Gasteiger charge is 2.22. The van der Waals surface area contributed by atoms with Gasteiger partial charge in [0, 0.05) is 25.4 Å². The van der Waals surface area contributed by atoms with Gasteiger partial charge in [-0.3, -0.25) is 0 Å². The van der Waals surface area contributed by atoms with Gasteiger partial charge in [0.2, 0.25) is 5.88 Å². The van der Waals surface area contributed by atoms with Gasteiger partial charge in [-0.05, 0) is 43.1 Å². The maximum absolute atomic E-state index is 6.09. The van der Waals surface area contributed by atoms with Gasteiger partial charge in [-0.2, -0.15) is 0 Å². The Morgan fingerprint density at radius 1 is 1.30 bits per heavy atom. The molecule has 128 valence electrons. The van der Waals surface area contributed by atoms with Crippen molar-refractivity contribution >= 4 is 29.9 Å². The quantitative estimate of drug-likeness (QED) is 0.443. The molecule has 0 spiro atoms. The summed E-state index contributed by atoms with van der Waals surface area (Å²) in [5.41, 5.74) is 7.15. The third-order valence-electron chi connectivity index (χ3n) is 4.49. The van der Waals surface area contributed by atoms with E-state index in [1.807, 2.05) is 18.3 Å². The van der Waals surface area contributed by atoms with E-state index < -0.39 is 0 Å². The summed E-state index contributed by atoms with van der Waals surface area (Å²) >= 11 is 0. The lowest BCUT2D eigenvalue weighted by Crippen LogP contribution is -2.42. The van der Waals surface area contributed by atoms with Crippen molar-refractivity contribution in [3.8, 4) is 5.88 Å². The molecular weight excluding hydrogens is 403 g/mol. The smallest absolute Gasteiger partial charge is 0.213 e. The van der Waals surface area contributed by atoms with Gasteiger partial charge in [0.25, 0.3) is 0 Å². The largest absolute Gasteiger partial charge is 0.477 e. The number of likely N-dealkylation sites (tertiary alicyclic amines) is 1. The van der Waals surface area contributed by atoms with Gasteiger partial charge < -0.3 is 15.4 Å². The number of aromatic nitrogens is 1. The first-order chi connectivity index (χ1) is 10.7. The van der Waals surface area contributed by atoms with Crippen molar-refractivity contribution in [1.82, 2.24) is 9.88 Å². The molecule has 1 saturated heterocycles. The van der Waals surface area contributed by atoms with E-state index in [1.54, 1.807) is 0 Å². The zero-order valence-corrected chi connectivity index (χ0v) is 16.1. The molecule has 5 nitrogen and oxygen atoms in total. The molecular formula is C17H27IN4O. The van der Waals surface area contributed by atoms with Gasteiger partial charge in [-0.25, -0.2) is 9.98 Å². The minimum atomic E-state index is 0. The van der Waals surface area contributed by atoms with Crippen LogP contribution in [0.3, 0.4) is 0 Å². The number of rotatable bonds is 5. The van der Waals surface area contributed by atoms with E-state index >= 15 is 0 Å². The number of hydrogen-bond donors (Lipinski definition) is 1. The first-order valence-electron chi connectivity index (χ1n) is 8.33. The van der Waals surface area contributed by atoms with Crippen molar-refractivity contribution < 1.29 is 4.74 Å². The molecule has 2 heterocycles. The molecule has 3 rings (SSSR count). The molecule has 2 N–H and O–H groups in total. The highest BCUT2D eigenvalue weighted by atomic mass is 127. The SMILES string of the molecule is CC1CCN(C(N)=NCc2ccc(OCC3CC3)nc2)CC1.I. The number of halogens is 1. The highest BCUT2D eigenvalue weighted by Crippen LogP contribution is 2.29.